The Kier molecular flexibility index (Phi) is 3.95. The Morgan fingerprint density at radius 1 is 1.14 bits per heavy atom. The van der Waals surface area contributed by atoms with Crippen LogP contribution in [-0.4, -0.2) is 26.0 Å². The van der Waals surface area contributed by atoms with Gasteiger partial charge in [-0.3, -0.25) is 4.79 Å². The summed E-state index contributed by atoms with van der Waals surface area (Å²) in [6.45, 7) is 1.50. The molecule has 0 bridgehead atoms. The lowest BCUT2D eigenvalue weighted by Crippen LogP contribution is -2.42. The summed E-state index contributed by atoms with van der Waals surface area (Å²) in [5.41, 5.74) is 2.67. The largest absolute Gasteiger partial charge is 0.371 e. The third kappa shape index (κ3) is 2.68. The fraction of sp³-hybridized carbons (Fsp3) is 0.188. The van der Waals surface area contributed by atoms with E-state index in [1.54, 1.807) is 6.07 Å². The number of fused-ring (bicyclic) bond motifs is 1. The highest BCUT2D eigenvalue weighted by Crippen LogP contribution is 2.33. The van der Waals surface area contributed by atoms with E-state index >= 15 is 0 Å². The van der Waals surface area contributed by atoms with Gasteiger partial charge in [-0.2, -0.15) is 0 Å². The van der Waals surface area contributed by atoms with Crippen molar-refractivity contribution in [3.8, 4) is 0 Å². The third-order valence-electron chi connectivity index (χ3n) is 3.67. The van der Waals surface area contributed by atoms with Crippen LogP contribution in [-0.2, 0) is 0 Å². The van der Waals surface area contributed by atoms with Gasteiger partial charge in [0.05, 0.1) is 16.9 Å². The van der Waals surface area contributed by atoms with Gasteiger partial charge in [0.1, 0.15) is 0 Å². The summed E-state index contributed by atoms with van der Waals surface area (Å²) in [6, 6.07) is 13.5. The number of halogens is 1. The minimum Gasteiger partial charge on any atom is -0.371 e. The number of anilines is 2. The molecule has 0 N–H and O–H groups in total. The topological polar surface area (TPSA) is 23.6 Å². The van der Waals surface area contributed by atoms with Gasteiger partial charge in [0.2, 0.25) is 0 Å². The average molecular weight is 363 g/mol. The molecule has 0 radical (unpaired) electrons. The molecule has 3 nitrogen and oxygen atoms in total. The minimum atomic E-state index is -0.00155. The van der Waals surface area contributed by atoms with Gasteiger partial charge in [-0.1, -0.05) is 12.1 Å². The molecule has 21 heavy (non-hydrogen) atoms. The molecule has 2 aromatic carbocycles. The van der Waals surface area contributed by atoms with Gasteiger partial charge in [0.15, 0.2) is 0 Å². The Bertz CT molecular complexity index is 704. The van der Waals surface area contributed by atoms with Crippen molar-refractivity contribution in [1.82, 2.24) is 0 Å². The van der Waals surface area contributed by atoms with Crippen LogP contribution < -0.4 is 9.80 Å². The zero-order valence-corrected chi connectivity index (χ0v) is 14.1. The van der Waals surface area contributed by atoms with Crippen molar-refractivity contribution >= 4 is 45.8 Å². The Balaban J connectivity index is 2.03. The van der Waals surface area contributed by atoms with Crippen LogP contribution in [0.2, 0.25) is 0 Å². The molecule has 108 valence electrons. The van der Waals surface area contributed by atoms with E-state index in [0.29, 0.717) is 12.1 Å². The summed E-state index contributed by atoms with van der Waals surface area (Å²) in [6.07, 6.45) is 0. The maximum atomic E-state index is 12.9. The highest BCUT2D eigenvalue weighted by Gasteiger charge is 2.26. The lowest BCUT2D eigenvalue weighted by atomic mass is 10.1. The molecule has 1 amide bonds. The molecule has 1 aliphatic rings. The molecule has 0 aromatic heterocycles. The van der Waals surface area contributed by atoms with Gasteiger partial charge >= 0.3 is 0 Å². The Morgan fingerprint density at radius 2 is 1.86 bits per heavy atom. The molecule has 0 atom stereocenters. The second-order valence-corrected chi connectivity index (χ2v) is 6.40. The predicted octanol–water partition coefficient (Wildman–Crippen LogP) is 3.83. The zero-order chi connectivity index (χ0) is 15.0. The predicted molar refractivity (Wildman–Crippen MR) is 92.8 cm³/mol. The van der Waals surface area contributed by atoms with E-state index in [1.165, 1.54) is 0 Å². The normalized spacial score (nSPS) is 14.0. The van der Waals surface area contributed by atoms with Crippen LogP contribution in [0.1, 0.15) is 10.4 Å². The van der Waals surface area contributed by atoms with Crippen LogP contribution in [0.5, 0.6) is 0 Å². The number of likely N-dealkylation sites (N-methyl/N-ethyl adjacent to an activating group) is 1. The molecular formula is C16H15BrN2OS. The second kappa shape index (κ2) is 5.73. The average Bonchev–Trinajstić information content (AvgIpc) is 2.50. The number of carbonyl (C=O) groups is 1. The van der Waals surface area contributed by atoms with E-state index in [2.05, 4.69) is 33.5 Å². The standard InChI is InChI=1S/C16H15BrN2OS/c1-18-8-9-19(15-5-3-2-4-14(15)18)16(20)12-10-11(21)6-7-13(12)17/h2-7,10,21H,8-9H2,1H3. The number of hydrogen-bond acceptors (Lipinski definition) is 3. The summed E-state index contributed by atoms with van der Waals surface area (Å²) in [5.74, 6) is -0.00155. The Morgan fingerprint density at radius 3 is 2.62 bits per heavy atom. The molecular weight excluding hydrogens is 348 g/mol. The van der Waals surface area contributed by atoms with Gasteiger partial charge in [-0.15, -0.1) is 12.6 Å². The van der Waals surface area contributed by atoms with Gasteiger partial charge in [0.25, 0.3) is 5.91 Å². The van der Waals surface area contributed by atoms with Gasteiger partial charge in [0, 0.05) is 29.5 Å². The summed E-state index contributed by atoms with van der Waals surface area (Å²) in [4.78, 5) is 17.7. The van der Waals surface area contributed by atoms with E-state index < -0.39 is 0 Å². The van der Waals surface area contributed by atoms with Crippen LogP contribution in [0.4, 0.5) is 11.4 Å². The number of thiol groups is 1. The van der Waals surface area contributed by atoms with Crippen LogP contribution in [0.15, 0.2) is 51.8 Å². The molecule has 0 fully saturated rings. The van der Waals surface area contributed by atoms with E-state index in [4.69, 9.17) is 0 Å². The first-order valence-corrected chi connectivity index (χ1v) is 7.92. The van der Waals surface area contributed by atoms with E-state index in [0.717, 1.165) is 27.3 Å². The molecule has 0 saturated carbocycles. The van der Waals surface area contributed by atoms with Gasteiger partial charge in [-0.05, 0) is 46.3 Å². The lowest BCUT2D eigenvalue weighted by Gasteiger charge is -2.35. The van der Waals surface area contributed by atoms with Crippen LogP contribution in [0.3, 0.4) is 0 Å². The molecule has 0 aliphatic carbocycles. The van der Waals surface area contributed by atoms with E-state index in [-0.39, 0.29) is 5.91 Å². The molecule has 5 heteroatoms. The number of amides is 1. The fourth-order valence-corrected chi connectivity index (χ4v) is 3.16. The highest BCUT2D eigenvalue weighted by atomic mass is 79.9. The van der Waals surface area contributed by atoms with Gasteiger partial charge < -0.3 is 9.80 Å². The van der Waals surface area contributed by atoms with Crippen LogP contribution in [0, 0.1) is 0 Å². The van der Waals surface area contributed by atoms with E-state index in [9.17, 15) is 4.79 Å². The molecule has 1 aliphatic heterocycles. The van der Waals surface area contributed by atoms with Crippen molar-refractivity contribution in [3.05, 3.63) is 52.5 Å². The highest BCUT2D eigenvalue weighted by molar-refractivity contribution is 9.10. The molecule has 0 spiro atoms. The van der Waals surface area contributed by atoms with Crippen molar-refractivity contribution in [2.45, 2.75) is 4.90 Å². The second-order valence-electron chi connectivity index (χ2n) is 5.03. The molecule has 0 unspecified atom stereocenters. The molecule has 0 saturated heterocycles. The first kappa shape index (κ1) is 14.5. The molecule has 2 aromatic rings. The number of para-hydroxylation sites is 2. The monoisotopic (exact) mass is 362 g/mol. The summed E-state index contributed by atoms with van der Waals surface area (Å²) in [5, 5.41) is 0. The van der Waals surface area contributed by atoms with Crippen molar-refractivity contribution < 1.29 is 4.79 Å². The first-order chi connectivity index (χ1) is 10.1. The van der Waals surface area contributed by atoms with Crippen molar-refractivity contribution in [1.29, 1.82) is 0 Å². The minimum absolute atomic E-state index is 0.00155. The van der Waals surface area contributed by atoms with Crippen LogP contribution >= 0.6 is 28.6 Å². The quantitative estimate of drug-likeness (QED) is 0.779. The number of carbonyl (C=O) groups excluding carboxylic acids is 1. The van der Waals surface area contributed by atoms with Gasteiger partial charge in [-0.25, -0.2) is 0 Å². The summed E-state index contributed by atoms with van der Waals surface area (Å²) < 4.78 is 0.793. The SMILES string of the molecule is CN1CCN(C(=O)c2cc(S)ccc2Br)c2ccccc21. The summed E-state index contributed by atoms with van der Waals surface area (Å²) >= 11 is 7.79. The van der Waals surface area contributed by atoms with Crippen molar-refractivity contribution in [2.75, 3.05) is 29.9 Å². The summed E-state index contributed by atoms with van der Waals surface area (Å²) in [7, 11) is 2.05. The fourth-order valence-electron chi connectivity index (χ4n) is 2.54. The maximum absolute atomic E-state index is 12.9. The Hall–Kier alpha value is -1.46. The maximum Gasteiger partial charge on any atom is 0.259 e. The number of benzene rings is 2. The molecule has 3 rings (SSSR count). The van der Waals surface area contributed by atoms with E-state index in [1.807, 2.05) is 48.3 Å². The number of rotatable bonds is 1. The molecule has 1 heterocycles. The van der Waals surface area contributed by atoms with Crippen molar-refractivity contribution in [3.63, 3.8) is 0 Å². The smallest absolute Gasteiger partial charge is 0.259 e. The lowest BCUT2D eigenvalue weighted by molar-refractivity contribution is 0.0986. The zero-order valence-electron chi connectivity index (χ0n) is 11.6. The van der Waals surface area contributed by atoms with Crippen molar-refractivity contribution in [2.24, 2.45) is 0 Å². The van der Waals surface area contributed by atoms with Crippen LogP contribution in [0.25, 0.3) is 0 Å². The Labute approximate surface area is 138 Å². The number of nitrogens with zero attached hydrogens (tertiary/aromatic N) is 2. The first-order valence-electron chi connectivity index (χ1n) is 6.68. The third-order valence-corrected chi connectivity index (χ3v) is 4.64. The number of hydrogen-bond donors (Lipinski definition) is 1.